The van der Waals surface area contributed by atoms with Crippen LogP contribution in [0.5, 0.6) is 0 Å². The molecule has 0 amide bonds. The number of nitrogens with zero attached hydrogens (tertiary/aromatic N) is 1. The van der Waals surface area contributed by atoms with Crippen LogP contribution in [0, 0.1) is 5.82 Å². The summed E-state index contributed by atoms with van der Waals surface area (Å²) in [6.45, 7) is -0.249. The average Bonchev–Trinajstić information content (AvgIpc) is 2.29. The Bertz CT molecular complexity index is 516. The van der Waals surface area contributed by atoms with Gasteiger partial charge in [-0.3, -0.25) is 4.98 Å². The molecule has 0 spiro atoms. The quantitative estimate of drug-likeness (QED) is 0.871. The van der Waals surface area contributed by atoms with Gasteiger partial charge in [0.05, 0.1) is 17.3 Å². The molecular weight excluding hydrogens is 229 g/mol. The van der Waals surface area contributed by atoms with E-state index in [0.29, 0.717) is 21.8 Å². The Morgan fingerprint density at radius 2 is 2.00 bits per heavy atom. The van der Waals surface area contributed by atoms with Gasteiger partial charge in [0.25, 0.3) is 0 Å². The van der Waals surface area contributed by atoms with Gasteiger partial charge in [-0.05, 0) is 12.1 Å². The molecule has 1 heterocycles. The minimum atomic E-state index is -0.360. The molecule has 2 nitrogen and oxygen atoms in total. The molecule has 2 aromatic rings. The molecule has 82 valence electrons. The largest absolute Gasteiger partial charge is 0.390 e. The normalized spacial score (nSPS) is 10.4. The first-order valence-corrected chi connectivity index (χ1v) is 5.10. The maximum absolute atomic E-state index is 13.6. The van der Waals surface area contributed by atoms with Crippen LogP contribution in [0.1, 0.15) is 5.69 Å². The lowest BCUT2D eigenvalue weighted by Gasteiger charge is -2.07. The molecule has 0 bridgehead atoms. The van der Waals surface area contributed by atoms with E-state index in [1.165, 1.54) is 12.3 Å². The van der Waals surface area contributed by atoms with Gasteiger partial charge >= 0.3 is 0 Å². The van der Waals surface area contributed by atoms with Gasteiger partial charge in [0.2, 0.25) is 0 Å². The zero-order valence-electron chi connectivity index (χ0n) is 8.32. The summed E-state index contributed by atoms with van der Waals surface area (Å²) in [7, 11) is 0. The summed E-state index contributed by atoms with van der Waals surface area (Å²) < 4.78 is 13.6. The lowest BCUT2D eigenvalue weighted by atomic mass is 10.0. The van der Waals surface area contributed by atoms with E-state index < -0.39 is 0 Å². The summed E-state index contributed by atoms with van der Waals surface area (Å²) in [4.78, 5) is 3.97. The molecule has 0 fully saturated rings. The second kappa shape index (κ2) is 4.60. The molecule has 1 N–H and O–H groups in total. The Morgan fingerprint density at radius 3 is 2.69 bits per heavy atom. The number of pyridine rings is 1. The van der Waals surface area contributed by atoms with Gasteiger partial charge < -0.3 is 5.11 Å². The first-order chi connectivity index (χ1) is 7.72. The third-order valence-electron chi connectivity index (χ3n) is 2.25. The van der Waals surface area contributed by atoms with Gasteiger partial charge in [-0.2, -0.15) is 0 Å². The molecule has 0 aliphatic rings. The van der Waals surface area contributed by atoms with Crippen molar-refractivity contribution in [3.05, 3.63) is 53.1 Å². The lowest BCUT2D eigenvalue weighted by molar-refractivity contribution is 0.277. The molecule has 1 aromatic heterocycles. The van der Waals surface area contributed by atoms with Crippen LogP contribution in [-0.4, -0.2) is 10.1 Å². The van der Waals surface area contributed by atoms with Crippen molar-refractivity contribution < 1.29 is 9.50 Å². The van der Waals surface area contributed by atoms with Crippen LogP contribution in [0.2, 0.25) is 5.02 Å². The molecule has 0 unspecified atom stereocenters. The first-order valence-electron chi connectivity index (χ1n) is 4.72. The van der Waals surface area contributed by atoms with E-state index in [0.717, 1.165) is 0 Å². The van der Waals surface area contributed by atoms with E-state index in [-0.39, 0.29) is 12.4 Å². The summed E-state index contributed by atoms with van der Waals surface area (Å²) in [5.74, 6) is -0.360. The Hall–Kier alpha value is -1.45. The van der Waals surface area contributed by atoms with Gasteiger partial charge in [-0.25, -0.2) is 4.39 Å². The molecule has 0 aliphatic heterocycles. The van der Waals surface area contributed by atoms with Crippen LogP contribution in [-0.2, 0) is 6.61 Å². The van der Waals surface area contributed by atoms with Crippen molar-refractivity contribution >= 4 is 11.6 Å². The van der Waals surface area contributed by atoms with Gasteiger partial charge in [0.1, 0.15) is 5.82 Å². The highest BCUT2D eigenvalue weighted by Crippen LogP contribution is 2.27. The highest BCUT2D eigenvalue weighted by Gasteiger charge is 2.10. The second-order valence-electron chi connectivity index (χ2n) is 3.29. The number of aliphatic hydroxyl groups excluding tert-OH is 1. The number of aliphatic hydroxyl groups is 1. The van der Waals surface area contributed by atoms with Gasteiger partial charge in [-0.1, -0.05) is 29.8 Å². The van der Waals surface area contributed by atoms with Crippen LogP contribution in [0.15, 0.2) is 36.5 Å². The minimum Gasteiger partial charge on any atom is -0.390 e. The molecule has 0 saturated carbocycles. The highest BCUT2D eigenvalue weighted by molar-refractivity contribution is 6.30. The molecule has 4 heteroatoms. The van der Waals surface area contributed by atoms with Crippen molar-refractivity contribution in [2.45, 2.75) is 6.61 Å². The second-order valence-corrected chi connectivity index (χ2v) is 3.72. The molecule has 0 atom stereocenters. The third-order valence-corrected chi connectivity index (χ3v) is 2.46. The average molecular weight is 238 g/mol. The van der Waals surface area contributed by atoms with E-state index in [1.807, 2.05) is 0 Å². The number of aromatic nitrogens is 1. The monoisotopic (exact) mass is 237 g/mol. The summed E-state index contributed by atoms with van der Waals surface area (Å²) in [6, 6.07) is 7.91. The van der Waals surface area contributed by atoms with Crippen molar-refractivity contribution in [1.29, 1.82) is 0 Å². The fourth-order valence-corrected chi connectivity index (χ4v) is 1.66. The molecule has 0 saturated heterocycles. The number of rotatable bonds is 2. The van der Waals surface area contributed by atoms with Crippen LogP contribution >= 0.6 is 11.6 Å². The summed E-state index contributed by atoms with van der Waals surface area (Å²) in [6.07, 6.45) is 1.43. The molecule has 16 heavy (non-hydrogen) atoms. The fourth-order valence-electron chi connectivity index (χ4n) is 1.51. The molecule has 0 radical (unpaired) electrons. The number of benzene rings is 1. The zero-order chi connectivity index (χ0) is 11.5. The van der Waals surface area contributed by atoms with Crippen molar-refractivity contribution in [1.82, 2.24) is 4.98 Å². The van der Waals surface area contributed by atoms with Crippen LogP contribution in [0.25, 0.3) is 11.1 Å². The number of halogens is 2. The first kappa shape index (κ1) is 11.0. The van der Waals surface area contributed by atoms with Crippen molar-refractivity contribution in [2.75, 3.05) is 0 Å². The van der Waals surface area contributed by atoms with Crippen LogP contribution < -0.4 is 0 Å². The van der Waals surface area contributed by atoms with E-state index in [9.17, 15) is 4.39 Å². The lowest BCUT2D eigenvalue weighted by Crippen LogP contribution is -1.95. The minimum absolute atomic E-state index is 0.249. The SMILES string of the molecule is OCc1ncc(Cl)cc1-c1ccccc1F. The standard InChI is InChI=1S/C12H9ClFNO/c13-8-5-10(12(7-16)15-6-8)9-3-1-2-4-11(9)14/h1-6,16H,7H2. The molecule has 0 aliphatic carbocycles. The molecule has 1 aromatic carbocycles. The zero-order valence-corrected chi connectivity index (χ0v) is 9.08. The van der Waals surface area contributed by atoms with Gasteiger partial charge in [-0.15, -0.1) is 0 Å². The summed E-state index contributed by atoms with van der Waals surface area (Å²) in [5.41, 5.74) is 1.32. The highest BCUT2D eigenvalue weighted by atomic mass is 35.5. The van der Waals surface area contributed by atoms with Crippen molar-refractivity contribution in [2.24, 2.45) is 0 Å². The van der Waals surface area contributed by atoms with E-state index in [1.54, 1.807) is 24.3 Å². The maximum atomic E-state index is 13.6. The number of hydrogen-bond acceptors (Lipinski definition) is 2. The molecule has 2 rings (SSSR count). The van der Waals surface area contributed by atoms with Gasteiger partial charge in [0, 0.05) is 17.3 Å². The van der Waals surface area contributed by atoms with E-state index >= 15 is 0 Å². The van der Waals surface area contributed by atoms with Crippen molar-refractivity contribution in [3.63, 3.8) is 0 Å². The third kappa shape index (κ3) is 2.05. The van der Waals surface area contributed by atoms with Crippen LogP contribution in [0.4, 0.5) is 4.39 Å². The Kier molecular flexibility index (Phi) is 3.17. The topological polar surface area (TPSA) is 33.1 Å². The van der Waals surface area contributed by atoms with E-state index in [2.05, 4.69) is 4.98 Å². The van der Waals surface area contributed by atoms with Crippen LogP contribution in [0.3, 0.4) is 0 Å². The fraction of sp³-hybridized carbons (Fsp3) is 0.0833. The number of hydrogen-bond donors (Lipinski definition) is 1. The maximum Gasteiger partial charge on any atom is 0.131 e. The molecular formula is C12H9ClFNO. The van der Waals surface area contributed by atoms with Crippen molar-refractivity contribution in [3.8, 4) is 11.1 Å². The predicted molar refractivity (Wildman–Crippen MR) is 60.6 cm³/mol. The smallest absolute Gasteiger partial charge is 0.131 e. The Labute approximate surface area is 97.3 Å². The summed E-state index contributed by atoms with van der Waals surface area (Å²) in [5, 5.41) is 9.55. The summed E-state index contributed by atoms with van der Waals surface area (Å²) >= 11 is 5.81. The Morgan fingerprint density at radius 1 is 1.25 bits per heavy atom. The Balaban J connectivity index is 2.63. The van der Waals surface area contributed by atoms with Gasteiger partial charge in [0.15, 0.2) is 0 Å². The van der Waals surface area contributed by atoms with E-state index in [4.69, 9.17) is 16.7 Å². The predicted octanol–water partition coefficient (Wildman–Crippen LogP) is 3.03.